The minimum absolute atomic E-state index is 0.181. The van der Waals surface area contributed by atoms with Crippen molar-refractivity contribution in [2.45, 2.75) is 31.2 Å². The summed E-state index contributed by atoms with van der Waals surface area (Å²) in [4.78, 5) is 0. The van der Waals surface area contributed by atoms with Crippen molar-refractivity contribution >= 4 is 11.6 Å². The summed E-state index contributed by atoms with van der Waals surface area (Å²) in [5.41, 5.74) is 8.48. The molecule has 1 heterocycles. The summed E-state index contributed by atoms with van der Waals surface area (Å²) in [6, 6.07) is 3.97. The van der Waals surface area contributed by atoms with Gasteiger partial charge in [0, 0.05) is 22.5 Å². The molecule has 0 unspecified atom stereocenters. The number of hydrogen-bond acceptors (Lipinski definition) is 2. The molecular weight excluding hydrogens is 210 g/mol. The molecule has 2 nitrogen and oxygen atoms in total. The van der Waals surface area contributed by atoms with Crippen LogP contribution in [0.5, 0.6) is 5.75 Å². The van der Waals surface area contributed by atoms with Crippen LogP contribution in [0.4, 0.5) is 0 Å². The van der Waals surface area contributed by atoms with E-state index in [-0.39, 0.29) is 5.54 Å². The van der Waals surface area contributed by atoms with Crippen molar-refractivity contribution in [2.24, 2.45) is 5.73 Å². The molecule has 1 aromatic carbocycles. The zero-order valence-corrected chi connectivity index (χ0v) is 9.31. The summed E-state index contributed by atoms with van der Waals surface area (Å²) in [6.45, 7) is 0.763. The predicted octanol–water partition coefficient (Wildman–Crippen LogP) is 2.61. The molecule has 1 aromatic rings. The highest BCUT2D eigenvalue weighted by Gasteiger charge is 2.38. The maximum atomic E-state index is 6.33. The number of hydrogen-bond donors (Lipinski definition) is 1. The highest BCUT2D eigenvalue weighted by atomic mass is 35.5. The number of halogens is 1. The largest absolute Gasteiger partial charge is 0.493 e. The van der Waals surface area contributed by atoms with Crippen LogP contribution in [-0.2, 0) is 12.0 Å². The lowest BCUT2D eigenvalue weighted by Crippen LogP contribution is -2.43. The van der Waals surface area contributed by atoms with Crippen LogP contribution in [0.2, 0.25) is 5.02 Å². The molecule has 80 valence electrons. The van der Waals surface area contributed by atoms with Crippen LogP contribution < -0.4 is 10.5 Å². The normalized spacial score (nSPS) is 21.7. The average Bonchev–Trinajstić information content (AvgIpc) is 2.60. The Morgan fingerprint density at radius 2 is 2.13 bits per heavy atom. The lowest BCUT2D eigenvalue weighted by Gasteiger charge is -2.39. The highest BCUT2D eigenvalue weighted by molar-refractivity contribution is 6.30. The van der Waals surface area contributed by atoms with Gasteiger partial charge in [-0.05, 0) is 37.0 Å². The first-order valence-corrected chi connectivity index (χ1v) is 5.81. The fourth-order valence-corrected chi connectivity index (χ4v) is 2.71. The van der Waals surface area contributed by atoms with Crippen LogP contribution in [0.15, 0.2) is 12.1 Å². The Hall–Kier alpha value is -0.730. The first-order chi connectivity index (χ1) is 7.19. The Morgan fingerprint density at radius 3 is 2.80 bits per heavy atom. The molecule has 1 aliphatic carbocycles. The van der Waals surface area contributed by atoms with Gasteiger partial charge in [-0.1, -0.05) is 11.6 Å². The first-order valence-electron chi connectivity index (χ1n) is 5.44. The number of ether oxygens (including phenoxy) is 1. The number of benzene rings is 1. The molecule has 1 aliphatic heterocycles. The first kappa shape index (κ1) is 9.49. The molecule has 0 saturated heterocycles. The second kappa shape index (κ2) is 3.13. The second-order valence-corrected chi connectivity index (χ2v) is 4.99. The minimum Gasteiger partial charge on any atom is -0.493 e. The van der Waals surface area contributed by atoms with Gasteiger partial charge in [0.25, 0.3) is 0 Å². The molecular formula is C12H14ClNO. The van der Waals surface area contributed by atoms with Gasteiger partial charge in [-0.3, -0.25) is 0 Å². The van der Waals surface area contributed by atoms with Crippen molar-refractivity contribution in [3.63, 3.8) is 0 Å². The van der Waals surface area contributed by atoms with E-state index in [1.807, 2.05) is 12.1 Å². The zero-order valence-electron chi connectivity index (χ0n) is 8.55. The highest BCUT2D eigenvalue weighted by Crippen LogP contribution is 2.46. The van der Waals surface area contributed by atoms with Crippen LogP contribution in [0, 0.1) is 0 Å². The quantitative estimate of drug-likeness (QED) is 0.795. The molecule has 1 saturated carbocycles. The monoisotopic (exact) mass is 223 g/mol. The van der Waals surface area contributed by atoms with Gasteiger partial charge < -0.3 is 10.5 Å². The zero-order chi connectivity index (χ0) is 10.5. The van der Waals surface area contributed by atoms with Crippen molar-refractivity contribution < 1.29 is 4.74 Å². The molecule has 0 radical (unpaired) electrons. The van der Waals surface area contributed by atoms with Crippen LogP contribution >= 0.6 is 11.6 Å². The predicted molar refractivity (Wildman–Crippen MR) is 60.4 cm³/mol. The van der Waals surface area contributed by atoms with Crippen molar-refractivity contribution in [1.29, 1.82) is 0 Å². The Kier molecular flexibility index (Phi) is 1.98. The summed E-state index contributed by atoms with van der Waals surface area (Å²) < 4.78 is 5.67. The molecule has 15 heavy (non-hydrogen) atoms. The van der Waals surface area contributed by atoms with Crippen molar-refractivity contribution in [3.05, 3.63) is 28.3 Å². The molecule has 0 amide bonds. The van der Waals surface area contributed by atoms with Gasteiger partial charge in [0.05, 0.1) is 6.61 Å². The van der Waals surface area contributed by atoms with E-state index in [2.05, 4.69) is 0 Å². The second-order valence-electron chi connectivity index (χ2n) is 4.55. The Bertz CT molecular complexity index is 412. The van der Waals surface area contributed by atoms with E-state index in [1.165, 1.54) is 12.0 Å². The number of nitrogens with two attached hydrogens (primary N) is 1. The number of rotatable bonds is 1. The molecule has 0 aromatic heterocycles. The standard InChI is InChI=1S/C12H14ClNO/c13-9-6-8-2-5-15-11(8)10(7-9)12(14)3-1-4-12/h6-7H,1-5,14H2. The Morgan fingerprint density at radius 1 is 1.33 bits per heavy atom. The van der Waals surface area contributed by atoms with Gasteiger partial charge >= 0.3 is 0 Å². The van der Waals surface area contributed by atoms with Gasteiger partial charge in [-0.15, -0.1) is 0 Å². The van der Waals surface area contributed by atoms with E-state index in [1.54, 1.807) is 0 Å². The van der Waals surface area contributed by atoms with Gasteiger partial charge in [0.1, 0.15) is 5.75 Å². The van der Waals surface area contributed by atoms with Crippen LogP contribution in [-0.4, -0.2) is 6.61 Å². The molecule has 2 N–H and O–H groups in total. The van der Waals surface area contributed by atoms with E-state index < -0.39 is 0 Å². The molecule has 3 rings (SSSR count). The van der Waals surface area contributed by atoms with Crippen molar-refractivity contribution in [2.75, 3.05) is 6.61 Å². The van der Waals surface area contributed by atoms with Gasteiger partial charge in [0.2, 0.25) is 0 Å². The van der Waals surface area contributed by atoms with E-state index in [0.29, 0.717) is 0 Å². The maximum absolute atomic E-state index is 6.33. The van der Waals surface area contributed by atoms with Crippen LogP contribution in [0.3, 0.4) is 0 Å². The third kappa shape index (κ3) is 1.35. The summed E-state index contributed by atoms with van der Waals surface area (Å²) in [5.74, 6) is 1.00. The van der Waals surface area contributed by atoms with Gasteiger partial charge in [-0.25, -0.2) is 0 Å². The van der Waals surface area contributed by atoms with Crippen LogP contribution in [0.1, 0.15) is 30.4 Å². The van der Waals surface area contributed by atoms with E-state index in [4.69, 9.17) is 22.1 Å². The molecule has 2 aliphatic rings. The van der Waals surface area contributed by atoms with Crippen molar-refractivity contribution in [3.8, 4) is 5.75 Å². The smallest absolute Gasteiger partial charge is 0.127 e. The van der Waals surface area contributed by atoms with Crippen molar-refractivity contribution in [1.82, 2.24) is 0 Å². The number of fused-ring (bicyclic) bond motifs is 1. The fraction of sp³-hybridized carbons (Fsp3) is 0.500. The summed E-state index contributed by atoms with van der Waals surface area (Å²) in [7, 11) is 0. The molecule has 0 spiro atoms. The van der Waals surface area contributed by atoms with E-state index >= 15 is 0 Å². The molecule has 0 bridgehead atoms. The van der Waals surface area contributed by atoms with Crippen LogP contribution in [0.25, 0.3) is 0 Å². The maximum Gasteiger partial charge on any atom is 0.127 e. The van der Waals surface area contributed by atoms with E-state index in [9.17, 15) is 0 Å². The molecule has 3 heteroatoms. The summed E-state index contributed by atoms with van der Waals surface area (Å²) in [6.07, 6.45) is 4.25. The summed E-state index contributed by atoms with van der Waals surface area (Å²) >= 11 is 6.10. The van der Waals surface area contributed by atoms with E-state index in [0.717, 1.165) is 42.2 Å². The third-order valence-electron chi connectivity index (χ3n) is 3.53. The lowest BCUT2D eigenvalue weighted by atomic mass is 9.72. The van der Waals surface area contributed by atoms with Gasteiger partial charge in [0.15, 0.2) is 0 Å². The Labute approximate surface area is 94.4 Å². The molecule has 0 atom stereocenters. The SMILES string of the molecule is NC1(c2cc(Cl)cc3c2OCC3)CCC1. The van der Waals surface area contributed by atoms with Gasteiger partial charge in [-0.2, -0.15) is 0 Å². The summed E-state index contributed by atoms with van der Waals surface area (Å²) in [5, 5.41) is 0.783. The molecule has 1 fully saturated rings. The average molecular weight is 224 g/mol. The fourth-order valence-electron chi connectivity index (χ4n) is 2.47. The topological polar surface area (TPSA) is 35.2 Å². The Balaban J connectivity index is 2.14. The lowest BCUT2D eigenvalue weighted by molar-refractivity contribution is 0.241. The minimum atomic E-state index is -0.181. The third-order valence-corrected chi connectivity index (χ3v) is 3.75.